The number of anilines is 1. The Balaban J connectivity index is 2.02. The molecule has 0 bridgehead atoms. The molecule has 0 radical (unpaired) electrons. The molecule has 0 aromatic heterocycles. The molecular weight excluding hydrogens is 316 g/mol. The van der Waals surface area contributed by atoms with Crippen LogP contribution in [-0.2, 0) is 11.3 Å². The molecule has 0 atom stereocenters. The van der Waals surface area contributed by atoms with Crippen LogP contribution in [0.4, 0.5) is 5.69 Å². The lowest BCUT2D eigenvalue weighted by Crippen LogP contribution is -2.38. The minimum atomic E-state index is 0.265. The number of nitrogens with zero attached hydrogens (tertiary/aromatic N) is 1. The van der Waals surface area contributed by atoms with Crippen LogP contribution in [0, 0.1) is 0 Å². The van der Waals surface area contributed by atoms with Crippen molar-refractivity contribution >= 4 is 21.6 Å². The van der Waals surface area contributed by atoms with E-state index in [1.54, 1.807) is 7.11 Å². The lowest BCUT2D eigenvalue weighted by Gasteiger charge is -2.34. The summed E-state index contributed by atoms with van der Waals surface area (Å²) in [5.74, 6) is 0. The van der Waals surface area contributed by atoms with E-state index in [0.717, 1.165) is 26.2 Å². The topological polar surface area (TPSA) is 24.5 Å². The summed E-state index contributed by atoms with van der Waals surface area (Å²) in [4.78, 5) is 2.51. The van der Waals surface area contributed by atoms with Gasteiger partial charge < -0.3 is 15.0 Å². The first-order valence-electron chi connectivity index (χ1n) is 7.30. The number of ether oxygens (including phenoxy) is 1. The van der Waals surface area contributed by atoms with Gasteiger partial charge in [0.2, 0.25) is 0 Å². The van der Waals surface area contributed by atoms with E-state index in [1.807, 2.05) is 0 Å². The summed E-state index contributed by atoms with van der Waals surface area (Å²) in [7, 11) is 1.73. The van der Waals surface area contributed by atoms with Gasteiger partial charge in [-0.15, -0.1) is 0 Å². The molecule has 3 nitrogen and oxygen atoms in total. The molecule has 4 heteroatoms. The van der Waals surface area contributed by atoms with Crippen molar-refractivity contribution in [3.63, 3.8) is 0 Å². The molecule has 1 aliphatic rings. The van der Waals surface area contributed by atoms with Crippen molar-refractivity contribution < 1.29 is 4.74 Å². The van der Waals surface area contributed by atoms with Crippen molar-refractivity contribution in [2.24, 2.45) is 0 Å². The molecule has 2 rings (SSSR count). The van der Waals surface area contributed by atoms with Gasteiger partial charge >= 0.3 is 0 Å². The number of hydrogen-bond donors (Lipinski definition) is 1. The van der Waals surface area contributed by atoms with Crippen molar-refractivity contribution in [1.29, 1.82) is 0 Å². The Bertz CT molecular complexity index is 448. The predicted octanol–water partition coefficient (Wildman–Crippen LogP) is 3.56. The Labute approximate surface area is 130 Å². The van der Waals surface area contributed by atoms with Gasteiger partial charge in [0.15, 0.2) is 0 Å². The molecule has 1 saturated heterocycles. The fourth-order valence-electron chi connectivity index (χ4n) is 2.84. The van der Waals surface area contributed by atoms with E-state index in [1.165, 1.54) is 28.6 Å². The number of methoxy groups -OCH3 is 1. The molecule has 0 saturated carbocycles. The second-order valence-corrected chi connectivity index (χ2v) is 6.88. The summed E-state index contributed by atoms with van der Waals surface area (Å²) >= 11 is 3.74. The number of rotatable bonds is 6. The van der Waals surface area contributed by atoms with Gasteiger partial charge in [0, 0.05) is 36.8 Å². The zero-order valence-electron chi connectivity index (χ0n) is 12.7. The molecule has 1 aromatic carbocycles. The Kier molecular flexibility index (Phi) is 5.47. The first-order valence-corrected chi connectivity index (χ1v) is 8.09. The van der Waals surface area contributed by atoms with Gasteiger partial charge in [0.05, 0.1) is 12.3 Å². The van der Waals surface area contributed by atoms with Crippen molar-refractivity contribution in [2.75, 3.05) is 31.7 Å². The van der Waals surface area contributed by atoms with Gasteiger partial charge in [-0.2, -0.15) is 0 Å². The third kappa shape index (κ3) is 3.74. The number of benzene rings is 1. The average Bonchev–Trinajstić information content (AvgIpc) is 2.75. The van der Waals surface area contributed by atoms with Crippen LogP contribution in [0.15, 0.2) is 22.7 Å². The molecule has 20 heavy (non-hydrogen) atoms. The van der Waals surface area contributed by atoms with Crippen molar-refractivity contribution in [3.05, 3.63) is 28.2 Å². The molecule has 0 aliphatic carbocycles. The molecule has 1 fully saturated rings. The first kappa shape index (κ1) is 15.8. The number of hydrogen-bond acceptors (Lipinski definition) is 3. The third-order valence-electron chi connectivity index (χ3n) is 4.02. The van der Waals surface area contributed by atoms with Crippen molar-refractivity contribution in [2.45, 2.75) is 38.8 Å². The highest BCUT2D eigenvalue weighted by molar-refractivity contribution is 9.10. The highest BCUT2D eigenvalue weighted by Gasteiger charge is 2.32. The molecule has 112 valence electrons. The standard InChI is InChI=1S/C16H25BrN2O/c1-16(2)7-4-9-19(16)15-6-5-13(11-14(15)17)12-18-8-10-20-3/h5-6,11,18H,4,7-10,12H2,1-3H3. The van der Waals surface area contributed by atoms with Crippen LogP contribution in [0.25, 0.3) is 0 Å². The maximum Gasteiger partial charge on any atom is 0.0587 e. The van der Waals surface area contributed by atoms with E-state index in [4.69, 9.17) is 4.74 Å². The smallest absolute Gasteiger partial charge is 0.0587 e. The lowest BCUT2D eigenvalue weighted by atomic mass is 10.0. The number of halogens is 1. The zero-order chi connectivity index (χ0) is 14.6. The molecular formula is C16H25BrN2O. The monoisotopic (exact) mass is 340 g/mol. The van der Waals surface area contributed by atoms with Crippen molar-refractivity contribution in [1.82, 2.24) is 5.32 Å². The summed E-state index contributed by atoms with van der Waals surface area (Å²) in [6.45, 7) is 8.32. The van der Waals surface area contributed by atoms with Crippen LogP contribution >= 0.6 is 15.9 Å². The van der Waals surface area contributed by atoms with E-state index >= 15 is 0 Å². The Morgan fingerprint density at radius 2 is 2.20 bits per heavy atom. The van der Waals surface area contributed by atoms with Gasteiger partial charge in [-0.3, -0.25) is 0 Å². The van der Waals surface area contributed by atoms with Crippen LogP contribution < -0.4 is 10.2 Å². The average molecular weight is 341 g/mol. The number of nitrogens with one attached hydrogen (secondary N) is 1. The Hall–Kier alpha value is -0.580. The highest BCUT2D eigenvalue weighted by atomic mass is 79.9. The molecule has 0 unspecified atom stereocenters. The summed E-state index contributed by atoms with van der Waals surface area (Å²) in [6.07, 6.45) is 2.54. The minimum Gasteiger partial charge on any atom is -0.383 e. The predicted molar refractivity (Wildman–Crippen MR) is 88.4 cm³/mol. The normalized spacial score (nSPS) is 17.7. The largest absolute Gasteiger partial charge is 0.383 e. The molecule has 1 aliphatic heterocycles. The van der Waals surface area contributed by atoms with E-state index < -0.39 is 0 Å². The molecule has 0 amide bonds. The van der Waals surface area contributed by atoms with Crippen LogP contribution in [-0.4, -0.2) is 32.3 Å². The van der Waals surface area contributed by atoms with E-state index in [9.17, 15) is 0 Å². The van der Waals surface area contributed by atoms with Crippen LogP contribution in [0.1, 0.15) is 32.3 Å². The summed E-state index contributed by atoms with van der Waals surface area (Å²) < 4.78 is 6.23. The second-order valence-electron chi connectivity index (χ2n) is 6.02. The van der Waals surface area contributed by atoms with Crippen LogP contribution in [0.5, 0.6) is 0 Å². The van der Waals surface area contributed by atoms with E-state index in [0.29, 0.717) is 0 Å². The summed E-state index contributed by atoms with van der Waals surface area (Å²) in [5, 5.41) is 3.38. The third-order valence-corrected chi connectivity index (χ3v) is 4.65. The second kappa shape index (κ2) is 6.92. The van der Waals surface area contributed by atoms with Gasteiger partial charge in [-0.1, -0.05) is 6.07 Å². The summed E-state index contributed by atoms with van der Waals surface area (Å²) in [6, 6.07) is 6.68. The maximum atomic E-state index is 5.03. The SMILES string of the molecule is COCCNCc1ccc(N2CCCC2(C)C)c(Br)c1. The minimum absolute atomic E-state index is 0.265. The highest BCUT2D eigenvalue weighted by Crippen LogP contribution is 2.37. The summed E-state index contributed by atoms with van der Waals surface area (Å²) in [5.41, 5.74) is 2.88. The zero-order valence-corrected chi connectivity index (χ0v) is 14.3. The molecule has 1 heterocycles. The Morgan fingerprint density at radius 3 is 2.80 bits per heavy atom. The quantitative estimate of drug-likeness (QED) is 0.801. The van der Waals surface area contributed by atoms with Crippen LogP contribution in [0.3, 0.4) is 0 Å². The maximum absolute atomic E-state index is 5.03. The fourth-order valence-corrected chi connectivity index (χ4v) is 3.48. The fraction of sp³-hybridized carbons (Fsp3) is 0.625. The first-order chi connectivity index (χ1) is 9.54. The molecule has 0 spiro atoms. The van der Waals surface area contributed by atoms with Crippen molar-refractivity contribution in [3.8, 4) is 0 Å². The van der Waals surface area contributed by atoms with Gasteiger partial charge in [-0.05, 0) is 60.3 Å². The van der Waals surface area contributed by atoms with Gasteiger partial charge in [-0.25, -0.2) is 0 Å². The molecule has 1 N–H and O–H groups in total. The van der Waals surface area contributed by atoms with Gasteiger partial charge in [0.25, 0.3) is 0 Å². The molecule has 1 aromatic rings. The Morgan fingerprint density at radius 1 is 1.40 bits per heavy atom. The van der Waals surface area contributed by atoms with E-state index in [2.05, 4.69) is 58.2 Å². The lowest BCUT2D eigenvalue weighted by molar-refractivity contribution is 0.199. The van der Waals surface area contributed by atoms with E-state index in [-0.39, 0.29) is 5.54 Å². The van der Waals surface area contributed by atoms with Gasteiger partial charge in [0.1, 0.15) is 0 Å². The van der Waals surface area contributed by atoms with Crippen LogP contribution in [0.2, 0.25) is 0 Å².